The maximum absolute atomic E-state index is 12.6. The predicted molar refractivity (Wildman–Crippen MR) is 107 cm³/mol. The number of benzene rings is 2. The van der Waals surface area contributed by atoms with Gasteiger partial charge in [0.2, 0.25) is 0 Å². The van der Waals surface area contributed by atoms with Gasteiger partial charge in [0, 0.05) is 11.7 Å². The van der Waals surface area contributed by atoms with Crippen molar-refractivity contribution in [1.29, 1.82) is 0 Å². The van der Waals surface area contributed by atoms with Crippen LogP contribution < -0.4 is 14.8 Å². The first-order chi connectivity index (χ1) is 12.6. The maximum Gasteiger partial charge on any atom is 0.261 e. The quantitative estimate of drug-likeness (QED) is 0.760. The number of ether oxygens (including phenoxy) is 1. The maximum atomic E-state index is 12.6. The van der Waals surface area contributed by atoms with Crippen molar-refractivity contribution in [2.45, 2.75) is 45.6 Å². The van der Waals surface area contributed by atoms with Gasteiger partial charge in [0.25, 0.3) is 15.9 Å². The second-order valence-electron chi connectivity index (χ2n) is 6.84. The summed E-state index contributed by atoms with van der Waals surface area (Å²) in [5, 5.41) is 2.73. The first-order valence-electron chi connectivity index (χ1n) is 8.71. The monoisotopic (exact) mass is 390 g/mol. The zero-order chi connectivity index (χ0) is 20.2. The van der Waals surface area contributed by atoms with Crippen molar-refractivity contribution in [2.75, 3.05) is 11.3 Å². The number of aryl methyl sites for hydroxylation is 3. The first-order valence-corrected chi connectivity index (χ1v) is 10.2. The van der Waals surface area contributed by atoms with Crippen LogP contribution in [-0.4, -0.2) is 27.0 Å². The van der Waals surface area contributed by atoms with Gasteiger partial charge in [-0.25, -0.2) is 8.42 Å². The average molecular weight is 391 g/mol. The Kier molecular flexibility index (Phi) is 6.49. The fourth-order valence-corrected chi connectivity index (χ4v) is 3.61. The molecule has 0 radical (unpaired) electrons. The molecule has 0 fully saturated rings. The van der Waals surface area contributed by atoms with Crippen LogP contribution in [0.4, 0.5) is 5.69 Å². The van der Waals surface area contributed by atoms with Crippen LogP contribution in [0.2, 0.25) is 0 Å². The van der Waals surface area contributed by atoms with E-state index in [1.807, 2.05) is 33.8 Å². The Morgan fingerprint density at radius 1 is 1.00 bits per heavy atom. The summed E-state index contributed by atoms with van der Waals surface area (Å²) in [6.45, 7) is 9.25. The number of carbonyl (C=O) groups is 1. The van der Waals surface area contributed by atoms with Crippen molar-refractivity contribution in [3.05, 3.63) is 53.1 Å². The van der Waals surface area contributed by atoms with Gasteiger partial charge in [0.1, 0.15) is 5.75 Å². The molecule has 146 valence electrons. The number of amides is 1. The zero-order valence-electron chi connectivity index (χ0n) is 16.3. The highest BCUT2D eigenvalue weighted by Gasteiger charge is 2.16. The molecule has 0 spiro atoms. The molecule has 0 aliphatic heterocycles. The van der Waals surface area contributed by atoms with Gasteiger partial charge in [0.15, 0.2) is 6.61 Å². The number of sulfonamides is 1. The summed E-state index contributed by atoms with van der Waals surface area (Å²) < 4.78 is 33.3. The van der Waals surface area contributed by atoms with Crippen LogP contribution in [0.1, 0.15) is 30.5 Å². The first kappa shape index (κ1) is 20.8. The second-order valence-corrected chi connectivity index (χ2v) is 8.53. The van der Waals surface area contributed by atoms with E-state index in [0.717, 1.165) is 11.1 Å². The van der Waals surface area contributed by atoms with Gasteiger partial charge in [-0.15, -0.1) is 0 Å². The molecule has 0 aliphatic carbocycles. The molecule has 0 bridgehead atoms. The fraction of sp³-hybridized carbons (Fsp3) is 0.350. The Labute approximate surface area is 161 Å². The Hall–Kier alpha value is -2.54. The third-order valence-electron chi connectivity index (χ3n) is 4.02. The van der Waals surface area contributed by atoms with Crippen LogP contribution in [-0.2, 0) is 14.8 Å². The molecule has 0 atom stereocenters. The average Bonchev–Trinajstić information content (AvgIpc) is 2.56. The van der Waals surface area contributed by atoms with E-state index >= 15 is 0 Å². The number of carbonyl (C=O) groups excluding carboxylic acids is 1. The van der Waals surface area contributed by atoms with Gasteiger partial charge in [-0.2, -0.15) is 0 Å². The summed E-state index contributed by atoms with van der Waals surface area (Å²) >= 11 is 0. The molecule has 2 aromatic rings. The van der Waals surface area contributed by atoms with Crippen molar-refractivity contribution in [1.82, 2.24) is 5.32 Å². The normalized spacial score (nSPS) is 11.3. The molecule has 6 nitrogen and oxygen atoms in total. The van der Waals surface area contributed by atoms with Crippen molar-refractivity contribution in [3.63, 3.8) is 0 Å². The number of nitrogens with one attached hydrogen (secondary N) is 2. The molecule has 1 amide bonds. The molecule has 2 rings (SSSR count). The van der Waals surface area contributed by atoms with E-state index in [9.17, 15) is 13.2 Å². The van der Waals surface area contributed by atoms with E-state index in [1.165, 1.54) is 12.1 Å². The minimum Gasteiger partial charge on any atom is -0.484 e. The number of hydrogen-bond donors (Lipinski definition) is 2. The summed E-state index contributed by atoms with van der Waals surface area (Å²) in [6.07, 6.45) is 0. The summed E-state index contributed by atoms with van der Waals surface area (Å²) in [5.41, 5.74) is 3.25. The SMILES string of the molecule is Cc1ccc(NS(=O)(=O)c2ccc(OCC(=O)NC(C)C)c(C)c2)cc1C. The second kappa shape index (κ2) is 8.43. The van der Waals surface area contributed by atoms with Crippen LogP contribution in [0.5, 0.6) is 5.75 Å². The van der Waals surface area contributed by atoms with Crippen LogP contribution in [0, 0.1) is 20.8 Å². The molecule has 0 aromatic heterocycles. The van der Waals surface area contributed by atoms with Gasteiger partial charge in [-0.3, -0.25) is 9.52 Å². The van der Waals surface area contributed by atoms with E-state index in [-0.39, 0.29) is 23.5 Å². The molecular weight excluding hydrogens is 364 g/mol. The Morgan fingerprint density at radius 3 is 2.30 bits per heavy atom. The molecule has 0 heterocycles. The molecule has 0 unspecified atom stereocenters. The zero-order valence-corrected chi connectivity index (χ0v) is 17.1. The van der Waals surface area contributed by atoms with E-state index in [1.54, 1.807) is 25.1 Å². The molecule has 27 heavy (non-hydrogen) atoms. The molecule has 0 saturated heterocycles. The van der Waals surface area contributed by atoms with Crippen molar-refractivity contribution >= 4 is 21.6 Å². The highest BCUT2D eigenvalue weighted by Crippen LogP contribution is 2.24. The third-order valence-corrected chi connectivity index (χ3v) is 5.40. The molecule has 2 N–H and O–H groups in total. The van der Waals surface area contributed by atoms with Gasteiger partial charge < -0.3 is 10.1 Å². The van der Waals surface area contributed by atoms with Gasteiger partial charge in [-0.05, 0) is 81.6 Å². The summed E-state index contributed by atoms with van der Waals surface area (Å²) in [5.74, 6) is 0.247. The predicted octanol–water partition coefficient (Wildman–Crippen LogP) is 3.32. The molecule has 7 heteroatoms. The molecule has 2 aromatic carbocycles. The highest BCUT2D eigenvalue weighted by molar-refractivity contribution is 7.92. The third kappa shape index (κ3) is 5.72. The summed E-state index contributed by atoms with van der Waals surface area (Å²) in [7, 11) is -3.71. The van der Waals surface area contributed by atoms with Gasteiger partial charge in [0.05, 0.1) is 4.90 Å². The fourth-order valence-electron chi connectivity index (χ4n) is 2.48. The summed E-state index contributed by atoms with van der Waals surface area (Å²) in [6, 6.07) is 9.99. The van der Waals surface area contributed by atoms with Crippen LogP contribution >= 0.6 is 0 Å². The Balaban J connectivity index is 2.13. The van der Waals surface area contributed by atoms with Crippen molar-refractivity contribution < 1.29 is 17.9 Å². The van der Waals surface area contributed by atoms with Crippen LogP contribution in [0.3, 0.4) is 0 Å². The lowest BCUT2D eigenvalue weighted by atomic mass is 10.1. The number of rotatable bonds is 7. The minimum atomic E-state index is -3.71. The Bertz CT molecular complexity index is 937. The largest absolute Gasteiger partial charge is 0.484 e. The van der Waals surface area contributed by atoms with Crippen LogP contribution in [0.25, 0.3) is 0 Å². The molecule has 0 saturated carbocycles. The molecular formula is C20H26N2O4S. The van der Waals surface area contributed by atoms with Crippen LogP contribution in [0.15, 0.2) is 41.3 Å². The van der Waals surface area contributed by atoms with E-state index in [2.05, 4.69) is 10.0 Å². The lowest BCUT2D eigenvalue weighted by Crippen LogP contribution is -2.34. The van der Waals surface area contributed by atoms with Gasteiger partial charge in [-0.1, -0.05) is 6.07 Å². The standard InChI is InChI=1S/C20H26N2O4S/c1-13(2)21-20(23)12-26-19-9-8-18(11-16(19)5)27(24,25)22-17-7-6-14(3)15(4)10-17/h6-11,13,22H,12H2,1-5H3,(H,21,23). The van der Waals surface area contributed by atoms with E-state index in [4.69, 9.17) is 4.74 Å². The van der Waals surface area contributed by atoms with Crippen molar-refractivity contribution in [2.24, 2.45) is 0 Å². The van der Waals surface area contributed by atoms with Crippen molar-refractivity contribution in [3.8, 4) is 5.75 Å². The van der Waals surface area contributed by atoms with E-state index in [0.29, 0.717) is 17.0 Å². The highest BCUT2D eigenvalue weighted by atomic mass is 32.2. The number of hydrogen-bond acceptors (Lipinski definition) is 4. The summed E-state index contributed by atoms with van der Waals surface area (Å²) in [4.78, 5) is 11.8. The smallest absolute Gasteiger partial charge is 0.261 e. The lowest BCUT2D eigenvalue weighted by molar-refractivity contribution is -0.123. The van der Waals surface area contributed by atoms with Gasteiger partial charge >= 0.3 is 0 Å². The topological polar surface area (TPSA) is 84.5 Å². The Morgan fingerprint density at radius 2 is 1.70 bits per heavy atom. The lowest BCUT2D eigenvalue weighted by Gasteiger charge is -2.13. The van der Waals surface area contributed by atoms with E-state index < -0.39 is 10.0 Å². The number of anilines is 1. The minimum absolute atomic E-state index is 0.0335. The molecule has 0 aliphatic rings.